The third-order valence-electron chi connectivity index (χ3n) is 5.63. The largest absolute Gasteiger partial charge is 0.496 e. The van der Waals surface area contributed by atoms with Crippen LogP contribution < -0.4 is 10.1 Å². The predicted octanol–water partition coefficient (Wildman–Crippen LogP) is 3.06. The number of carbonyl (C=O) groups excluding carboxylic acids is 1. The molecule has 1 saturated heterocycles. The molecule has 1 aliphatic heterocycles. The molecule has 0 aromatic heterocycles. The number of nitrogens with one attached hydrogen (secondary N) is 1. The molecule has 26 heavy (non-hydrogen) atoms. The predicted molar refractivity (Wildman–Crippen MR) is 105 cm³/mol. The summed E-state index contributed by atoms with van der Waals surface area (Å²) in [4.78, 5) is 14.6. The first kappa shape index (κ1) is 20.7. The first-order chi connectivity index (χ1) is 12.3. The minimum absolute atomic E-state index is 0.0235. The van der Waals surface area contributed by atoms with E-state index in [-0.39, 0.29) is 17.9 Å². The summed E-state index contributed by atoms with van der Waals surface area (Å²) in [5.74, 6) is 1.09. The van der Waals surface area contributed by atoms with E-state index in [1.807, 2.05) is 6.07 Å². The zero-order valence-electron chi connectivity index (χ0n) is 17.1. The molecule has 1 aliphatic rings. The summed E-state index contributed by atoms with van der Waals surface area (Å²) in [6.45, 7) is 10.7. The van der Waals surface area contributed by atoms with Gasteiger partial charge in [0.15, 0.2) is 0 Å². The Morgan fingerprint density at radius 2 is 2.08 bits per heavy atom. The van der Waals surface area contributed by atoms with Crippen LogP contribution in [0.4, 0.5) is 0 Å². The molecule has 1 fully saturated rings. The fourth-order valence-corrected chi connectivity index (χ4v) is 3.52. The number of hydrogen-bond donors (Lipinski definition) is 1. The second-order valence-electron chi connectivity index (χ2n) is 7.65. The topological polar surface area (TPSA) is 50.8 Å². The lowest BCUT2D eigenvalue weighted by Gasteiger charge is -2.29. The van der Waals surface area contributed by atoms with Crippen molar-refractivity contribution in [2.45, 2.75) is 59.2 Å². The first-order valence-electron chi connectivity index (χ1n) is 9.54. The summed E-state index contributed by atoms with van der Waals surface area (Å²) < 4.78 is 10.7. The zero-order valence-corrected chi connectivity index (χ0v) is 17.1. The SMILES string of the molecule is COc1ccc(CN(C)C(C)CC(C)NC(=O)C2CCOC2)c(C)c1C. The van der Waals surface area contributed by atoms with Crippen molar-refractivity contribution >= 4 is 5.91 Å². The third-order valence-corrected chi connectivity index (χ3v) is 5.63. The maximum atomic E-state index is 12.2. The highest BCUT2D eigenvalue weighted by molar-refractivity contribution is 5.79. The van der Waals surface area contributed by atoms with Gasteiger partial charge in [-0.25, -0.2) is 0 Å². The van der Waals surface area contributed by atoms with Crippen molar-refractivity contribution in [2.75, 3.05) is 27.4 Å². The fraction of sp³-hybridized carbons (Fsp3) is 0.667. The number of ether oxygens (including phenoxy) is 2. The Balaban J connectivity index is 1.87. The molecule has 5 heteroatoms. The molecule has 1 heterocycles. The molecule has 0 spiro atoms. The molecule has 146 valence electrons. The molecule has 2 rings (SSSR count). The highest BCUT2D eigenvalue weighted by Crippen LogP contribution is 2.25. The second-order valence-corrected chi connectivity index (χ2v) is 7.65. The Kier molecular flexibility index (Phi) is 7.47. The minimum Gasteiger partial charge on any atom is -0.496 e. The molecular weight excluding hydrogens is 328 g/mol. The maximum Gasteiger partial charge on any atom is 0.225 e. The van der Waals surface area contributed by atoms with Gasteiger partial charge in [0.2, 0.25) is 5.91 Å². The number of nitrogens with zero attached hydrogens (tertiary/aromatic N) is 1. The van der Waals surface area contributed by atoms with Gasteiger partial charge < -0.3 is 14.8 Å². The van der Waals surface area contributed by atoms with Gasteiger partial charge in [0.1, 0.15) is 5.75 Å². The molecule has 1 aromatic carbocycles. The molecule has 5 nitrogen and oxygen atoms in total. The van der Waals surface area contributed by atoms with Crippen LogP contribution in [0.2, 0.25) is 0 Å². The van der Waals surface area contributed by atoms with E-state index in [4.69, 9.17) is 9.47 Å². The van der Waals surface area contributed by atoms with Crippen molar-refractivity contribution in [3.63, 3.8) is 0 Å². The molecular formula is C21H34N2O3. The lowest BCUT2D eigenvalue weighted by atomic mass is 10.0. The molecule has 1 aromatic rings. The smallest absolute Gasteiger partial charge is 0.225 e. The lowest BCUT2D eigenvalue weighted by molar-refractivity contribution is -0.125. The summed E-state index contributed by atoms with van der Waals surface area (Å²) >= 11 is 0. The summed E-state index contributed by atoms with van der Waals surface area (Å²) in [5.41, 5.74) is 3.80. The third kappa shape index (κ3) is 5.21. The van der Waals surface area contributed by atoms with Crippen LogP contribution in [-0.4, -0.2) is 50.3 Å². The van der Waals surface area contributed by atoms with Crippen LogP contribution in [0.25, 0.3) is 0 Å². The Hall–Kier alpha value is -1.59. The van der Waals surface area contributed by atoms with Crippen molar-refractivity contribution in [3.05, 3.63) is 28.8 Å². The van der Waals surface area contributed by atoms with Gasteiger partial charge in [0.05, 0.1) is 19.6 Å². The highest BCUT2D eigenvalue weighted by atomic mass is 16.5. The van der Waals surface area contributed by atoms with Gasteiger partial charge in [-0.3, -0.25) is 9.69 Å². The van der Waals surface area contributed by atoms with E-state index in [9.17, 15) is 4.79 Å². The second kappa shape index (κ2) is 9.38. The van der Waals surface area contributed by atoms with Crippen LogP contribution >= 0.6 is 0 Å². The lowest BCUT2D eigenvalue weighted by Crippen LogP contribution is -2.41. The van der Waals surface area contributed by atoms with Crippen LogP contribution in [0.3, 0.4) is 0 Å². The fourth-order valence-electron chi connectivity index (χ4n) is 3.52. The van der Waals surface area contributed by atoms with Gasteiger partial charge in [-0.15, -0.1) is 0 Å². The molecule has 3 unspecified atom stereocenters. The molecule has 1 amide bonds. The van der Waals surface area contributed by atoms with Gasteiger partial charge >= 0.3 is 0 Å². The zero-order chi connectivity index (χ0) is 19.3. The van der Waals surface area contributed by atoms with E-state index in [0.717, 1.165) is 25.1 Å². The van der Waals surface area contributed by atoms with Gasteiger partial charge in [-0.2, -0.15) is 0 Å². The number of benzene rings is 1. The Labute approximate surface area is 158 Å². The van der Waals surface area contributed by atoms with Crippen molar-refractivity contribution in [1.29, 1.82) is 0 Å². The average molecular weight is 363 g/mol. The van der Waals surface area contributed by atoms with Crippen molar-refractivity contribution in [2.24, 2.45) is 5.92 Å². The van der Waals surface area contributed by atoms with E-state index < -0.39 is 0 Å². The molecule has 0 bridgehead atoms. The standard InChI is InChI=1S/C21H34N2O3/c1-14(22-21(24)19-9-10-26-13-19)11-15(2)23(5)12-18-7-8-20(25-6)17(4)16(18)3/h7-8,14-15,19H,9-13H2,1-6H3,(H,22,24). The Morgan fingerprint density at radius 3 is 2.69 bits per heavy atom. The normalized spacial score (nSPS) is 19.4. The Morgan fingerprint density at radius 1 is 1.35 bits per heavy atom. The van der Waals surface area contributed by atoms with E-state index in [2.05, 4.69) is 51.0 Å². The molecule has 0 aliphatic carbocycles. The molecule has 0 saturated carbocycles. The van der Waals surface area contributed by atoms with E-state index >= 15 is 0 Å². The molecule has 0 radical (unpaired) electrons. The van der Waals surface area contributed by atoms with E-state index in [1.54, 1.807) is 7.11 Å². The van der Waals surface area contributed by atoms with Crippen molar-refractivity contribution in [1.82, 2.24) is 10.2 Å². The quantitative estimate of drug-likeness (QED) is 0.772. The average Bonchev–Trinajstić information content (AvgIpc) is 3.13. The number of hydrogen-bond acceptors (Lipinski definition) is 4. The van der Waals surface area contributed by atoms with Crippen LogP contribution in [0.5, 0.6) is 5.75 Å². The highest BCUT2D eigenvalue weighted by Gasteiger charge is 2.25. The van der Waals surface area contributed by atoms with Crippen molar-refractivity contribution < 1.29 is 14.3 Å². The maximum absolute atomic E-state index is 12.2. The number of methoxy groups -OCH3 is 1. The minimum atomic E-state index is 0.0235. The van der Waals surface area contributed by atoms with Crippen LogP contribution in [0.1, 0.15) is 43.4 Å². The van der Waals surface area contributed by atoms with Gasteiger partial charge in [-0.05, 0) is 70.3 Å². The summed E-state index contributed by atoms with van der Waals surface area (Å²) in [5, 5.41) is 3.14. The van der Waals surface area contributed by atoms with Gasteiger partial charge in [-0.1, -0.05) is 6.07 Å². The molecule has 1 N–H and O–H groups in total. The van der Waals surface area contributed by atoms with E-state index in [1.165, 1.54) is 16.7 Å². The van der Waals surface area contributed by atoms with Crippen LogP contribution in [-0.2, 0) is 16.1 Å². The van der Waals surface area contributed by atoms with Crippen LogP contribution in [0, 0.1) is 19.8 Å². The first-order valence-corrected chi connectivity index (χ1v) is 9.54. The van der Waals surface area contributed by atoms with E-state index in [0.29, 0.717) is 19.3 Å². The van der Waals surface area contributed by atoms with Crippen LogP contribution in [0.15, 0.2) is 12.1 Å². The number of amides is 1. The summed E-state index contributed by atoms with van der Waals surface area (Å²) in [6.07, 6.45) is 1.76. The molecule has 3 atom stereocenters. The summed E-state index contributed by atoms with van der Waals surface area (Å²) in [6, 6.07) is 4.71. The Bertz CT molecular complexity index is 612. The summed E-state index contributed by atoms with van der Waals surface area (Å²) in [7, 11) is 3.85. The number of rotatable bonds is 8. The van der Waals surface area contributed by atoms with Gasteiger partial charge in [0.25, 0.3) is 0 Å². The monoisotopic (exact) mass is 362 g/mol. The number of carbonyl (C=O) groups is 1. The van der Waals surface area contributed by atoms with Gasteiger partial charge in [0, 0.05) is 25.2 Å². The van der Waals surface area contributed by atoms with Crippen molar-refractivity contribution in [3.8, 4) is 5.75 Å².